The van der Waals surface area contributed by atoms with Crippen LogP contribution in [-0.2, 0) is 0 Å². The van der Waals surface area contributed by atoms with Crippen LogP contribution in [0.25, 0.3) is 0 Å². The van der Waals surface area contributed by atoms with Gasteiger partial charge in [0.2, 0.25) is 0 Å². The van der Waals surface area contributed by atoms with Crippen LogP contribution in [0.1, 0.15) is 15.9 Å². The van der Waals surface area contributed by atoms with Crippen molar-refractivity contribution in [1.82, 2.24) is 0 Å². The topological polar surface area (TPSA) is 26.3 Å². The van der Waals surface area contributed by atoms with Crippen LogP contribution in [-0.4, -0.2) is 5.78 Å². The highest BCUT2D eigenvalue weighted by molar-refractivity contribution is 6.35. The van der Waals surface area contributed by atoms with Crippen LogP contribution in [0.5, 0.6) is 5.75 Å². The van der Waals surface area contributed by atoms with Crippen molar-refractivity contribution in [3.63, 3.8) is 0 Å². The standard InChI is InChI=1S/C16H11Cl2FO2/c1-10-8-12(17)9-14(18)16(10)21-7-6-15(20)11-2-4-13(19)5-3-11/h2-9H,1H3/b7-6+. The number of carbonyl (C=O) groups excluding carboxylic acids is 1. The maximum absolute atomic E-state index is 12.8. The van der Waals surface area contributed by atoms with Gasteiger partial charge in [-0.25, -0.2) is 4.39 Å². The minimum absolute atomic E-state index is 0.294. The molecule has 5 heteroatoms. The summed E-state index contributed by atoms with van der Waals surface area (Å²) in [5.41, 5.74) is 1.13. The first kappa shape index (κ1) is 15.5. The van der Waals surface area contributed by atoms with E-state index >= 15 is 0 Å². The fourth-order valence-electron chi connectivity index (χ4n) is 1.71. The SMILES string of the molecule is Cc1cc(Cl)cc(Cl)c1O/C=C/C(=O)c1ccc(F)cc1. The average molecular weight is 325 g/mol. The Kier molecular flexibility index (Phi) is 4.99. The molecule has 0 fully saturated rings. The summed E-state index contributed by atoms with van der Waals surface area (Å²) in [6.45, 7) is 1.79. The molecule has 2 nitrogen and oxygen atoms in total. The Balaban J connectivity index is 2.09. The molecule has 108 valence electrons. The van der Waals surface area contributed by atoms with Gasteiger partial charge in [-0.3, -0.25) is 4.79 Å². The predicted molar refractivity (Wildman–Crippen MR) is 81.7 cm³/mol. The molecule has 0 saturated heterocycles. The summed E-state index contributed by atoms with van der Waals surface area (Å²) in [5, 5.41) is 0.870. The molecule has 0 amide bonds. The van der Waals surface area contributed by atoms with E-state index in [9.17, 15) is 9.18 Å². The lowest BCUT2D eigenvalue weighted by Gasteiger charge is -2.07. The lowest BCUT2D eigenvalue weighted by atomic mass is 10.1. The highest BCUT2D eigenvalue weighted by atomic mass is 35.5. The smallest absolute Gasteiger partial charge is 0.188 e. The van der Waals surface area contributed by atoms with Gasteiger partial charge in [0.05, 0.1) is 11.3 Å². The number of rotatable bonds is 4. The van der Waals surface area contributed by atoms with Crippen molar-refractivity contribution in [2.75, 3.05) is 0 Å². The van der Waals surface area contributed by atoms with E-state index in [0.29, 0.717) is 21.4 Å². The van der Waals surface area contributed by atoms with Crippen molar-refractivity contribution < 1.29 is 13.9 Å². The molecule has 0 aliphatic carbocycles. The van der Waals surface area contributed by atoms with Crippen LogP contribution in [0.15, 0.2) is 48.7 Å². The molecule has 0 atom stereocenters. The Hall–Kier alpha value is -1.84. The molecule has 0 heterocycles. The molecule has 21 heavy (non-hydrogen) atoms. The molecule has 0 bridgehead atoms. The van der Waals surface area contributed by atoms with Crippen LogP contribution >= 0.6 is 23.2 Å². The summed E-state index contributed by atoms with van der Waals surface area (Å²) in [5.74, 6) is -0.252. The number of allylic oxidation sites excluding steroid dienone is 1. The molecular weight excluding hydrogens is 314 g/mol. The van der Waals surface area contributed by atoms with E-state index in [1.165, 1.54) is 36.6 Å². The third-order valence-corrected chi connectivity index (χ3v) is 3.23. The highest BCUT2D eigenvalue weighted by Gasteiger charge is 2.07. The maximum atomic E-state index is 12.8. The monoisotopic (exact) mass is 324 g/mol. The highest BCUT2D eigenvalue weighted by Crippen LogP contribution is 2.31. The molecule has 0 radical (unpaired) electrons. The number of benzene rings is 2. The van der Waals surface area contributed by atoms with E-state index in [0.717, 1.165) is 5.56 Å². The molecule has 2 aromatic rings. The van der Waals surface area contributed by atoms with Crippen molar-refractivity contribution in [3.05, 3.63) is 75.7 Å². The van der Waals surface area contributed by atoms with Gasteiger partial charge in [-0.15, -0.1) is 0 Å². The Bertz CT molecular complexity index is 671. The Labute approximate surface area is 131 Å². The van der Waals surface area contributed by atoms with Crippen LogP contribution in [0.3, 0.4) is 0 Å². The number of halogens is 3. The normalized spacial score (nSPS) is 10.9. The number of ether oxygens (including phenoxy) is 1. The molecule has 0 aromatic heterocycles. The summed E-state index contributed by atoms with van der Waals surface area (Å²) in [6, 6.07) is 8.52. The molecule has 2 aromatic carbocycles. The van der Waals surface area contributed by atoms with Gasteiger partial charge in [-0.1, -0.05) is 23.2 Å². The molecule has 0 aliphatic heterocycles. The Morgan fingerprint density at radius 2 is 1.86 bits per heavy atom. The summed E-state index contributed by atoms with van der Waals surface area (Å²) >= 11 is 11.9. The van der Waals surface area contributed by atoms with Crippen molar-refractivity contribution in [3.8, 4) is 5.75 Å². The zero-order valence-corrected chi connectivity index (χ0v) is 12.6. The molecule has 0 saturated carbocycles. The van der Waals surface area contributed by atoms with E-state index in [1.54, 1.807) is 19.1 Å². The zero-order valence-electron chi connectivity index (χ0n) is 11.1. The fourth-order valence-corrected chi connectivity index (χ4v) is 2.35. The zero-order chi connectivity index (χ0) is 15.4. The number of ketones is 1. The van der Waals surface area contributed by atoms with E-state index < -0.39 is 5.82 Å². The van der Waals surface area contributed by atoms with E-state index in [1.807, 2.05) is 0 Å². The summed E-state index contributed by atoms with van der Waals surface area (Å²) in [6.07, 6.45) is 2.49. The molecular formula is C16H11Cl2FO2. The number of hydrogen-bond acceptors (Lipinski definition) is 2. The summed E-state index contributed by atoms with van der Waals surface area (Å²) < 4.78 is 18.1. The van der Waals surface area contributed by atoms with Gasteiger partial charge in [0, 0.05) is 16.7 Å². The second-order valence-electron chi connectivity index (χ2n) is 4.33. The number of aryl methyl sites for hydroxylation is 1. The molecule has 0 aliphatic rings. The molecule has 2 rings (SSSR count). The van der Waals surface area contributed by atoms with Crippen LogP contribution < -0.4 is 4.74 Å². The van der Waals surface area contributed by atoms with Gasteiger partial charge in [0.25, 0.3) is 0 Å². The third-order valence-electron chi connectivity index (χ3n) is 2.73. The predicted octanol–water partition coefficient (Wildman–Crippen LogP) is 5.22. The third kappa shape index (κ3) is 4.06. The van der Waals surface area contributed by atoms with Crippen molar-refractivity contribution in [1.29, 1.82) is 0 Å². The van der Waals surface area contributed by atoms with E-state index in [-0.39, 0.29) is 5.78 Å². The lowest BCUT2D eigenvalue weighted by Crippen LogP contribution is -1.96. The average Bonchev–Trinajstić information content (AvgIpc) is 2.42. The van der Waals surface area contributed by atoms with Crippen molar-refractivity contribution in [2.45, 2.75) is 6.92 Å². The first-order valence-corrected chi connectivity index (χ1v) is 6.81. The van der Waals surface area contributed by atoms with Gasteiger partial charge < -0.3 is 4.74 Å². The number of carbonyl (C=O) groups is 1. The molecule has 0 unspecified atom stereocenters. The minimum Gasteiger partial charge on any atom is -0.463 e. The largest absolute Gasteiger partial charge is 0.463 e. The second kappa shape index (κ2) is 6.74. The van der Waals surface area contributed by atoms with Crippen LogP contribution in [0.2, 0.25) is 10.0 Å². The van der Waals surface area contributed by atoms with Gasteiger partial charge in [-0.2, -0.15) is 0 Å². The summed E-state index contributed by atoms with van der Waals surface area (Å²) in [4.78, 5) is 11.8. The van der Waals surface area contributed by atoms with Crippen molar-refractivity contribution in [2.24, 2.45) is 0 Å². The maximum Gasteiger partial charge on any atom is 0.188 e. The molecule has 0 spiro atoms. The van der Waals surface area contributed by atoms with Crippen LogP contribution in [0.4, 0.5) is 4.39 Å². The van der Waals surface area contributed by atoms with E-state index in [2.05, 4.69) is 0 Å². The summed E-state index contributed by atoms with van der Waals surface area (Å²) in [7, 11) is 0. The lowest BCUT2D eigenvalue weighted by molar-refractivity contribution is 0.104. The Morgan fingerprint density at radius 1 is 1.19 bits per heavy atom. The van der Waals surface area contributed by atoms with Gasteiger partial charge in [0.1, 0.15) is 11.6 Å². The first-order valence-electron chi connectivity index (χ1n) is 6.06. The van der Waals surface area contributed by atoms with Gasteiger partial charge in [-0.05, 0) is 48.9 Å². The first-order chi connectivity index (χ1) is 9.97. The second-order valence-corrected chi connectivity index (χ2v) is 5.17. The fraction of sp³-hybridized carbons (Fsp3) is 0.0625. The van der Waals surface area contributed by atoms with Gasteiger partial charge >= 0.3 is 0 Å². The number of hydrogen-bond donors (Lipinski definition) is 0. The quantitative estimate of drug-likeness (QED) is 0.438. The van der Waals surface area contributed by atoms with Gasteiger partial charge in [0.15, 0.2) is 5.78 Å². The van der Waals surface area contributed by atoms with Crippen LogP contribution in [0, 0.1) is 12.7 Å². The minimum atomic E-state index is -0.393. The van der Waals surface area contributed by atoms with Crippen molar-refractivity contribution >= 4 is 29.0 Å². The van der Waals surface area contributed by atoms with E-state index in [4.69, 9.17) is 27.9 Å². The molecule has 0 N–H and O–H groups in total. The Morgan fingerprint density at radius 3 is 2.48 bits per heavy atom.